The topological polar surface area (TPSA) is 62.5 Å². The van der Waals surface area contributed by atoms with Crippen LogP contribution in [0.5, 0.6) is 0 Å². The van der Waals surface area contributed by atoms with Gasteiger partial charge in [0.25, 0.3) is 0 Å². The Hall–Kier alpha value is -2.51. The zero-order valence-corrected chi connectivity index (χ0v) is 11.4. The second kappa shape index (κ2) is 4.87. The highest BCUT2D eigenvalue weighted by Crippen LogP contribution is 2.27. The standard InChI is InChI=1S/C15H9ClN4/c1-9-8-18-15(16)20-14(9)11-6-10-4-2-3-5-12(10)19-13(11)7-17/h2-6,8H,1H3. The van der Waals surface area contributed by atoms with E-state index in [1.807, 2.05) is 37.3 Å². The molecular formula is C15H9ClN4. The molecule has 96 valence electrons. The maximum atomic E-state index is 9.31. The quantitative estimate of drug-likeness (QED) is 0.640. The van der Waals surface area contributed by atoms with E-state index in [0.29, 0.717) is 17.0 Å². The summed E-state index contributed by atoms with van der Waals surface area (Å²) < 4.78 is 0. The van der Waals surface area contributed by atoms with Crippen LogP contribution in [0.25, 0.3) is 22.2 Å². The summed E-state index contributed by atoms with van der Waals surface area (Å²) in [6.07, 6.45) is 1.64. The summed E-state index contributed by atoms with van der Waals surface area (Å²) in [5, 5.41) is 10.4. The first-order valence-electron chi connectivity index (χ1n) is 5.98. The van der Waals surface area contributed by atoms with E-state index in [1.165, 1.54) is 0 Å². The third-order valence-corrected chi connectivity index (χ3v) is 3.21. The molecule has 0 bridgehead atoms. The molecular weight excluding hydrogens is 272 g/mol. The molecule has 0 fully saturated rings. The van der Waals surface area contributed by atoms with Crippen LogP contribution in [0.4, 0.5) is 0 Å². The van der Waals surface area contributed by atoms with Crippen molar-refractivity contribution in [1.82, 2.24) is 15.0 Å². The van der Waals surface area contributed by atoms with Crippen LogP contribution in [0.3, 0.4) is 0 Å². The predicted molar refractivity (Wildman–Crippen MR) is 77.2 cm³/mol. The summed E-state index contributed by atoms with van der Waals surface area (Å²) in [6.45, 7) is 1.88. The highest BCUT2D eigenvalue weighted by molar-refractivity contribution is 6.28. The number of nitriles is 1. The fourth-order valence-corrected chi connectivity index (χ4v) is 2.21. The SMILES string of the molecule is Cc1cnc(Cl)nc1-c1cc2ccccc2nc1C#N. The molecule has 0 aliphatic heterocycles. The van der Waals surface area contributed by atoms with Gasteiger partial charge in [-0.3, -0.25) is 0 Å². The lowest BCUT2D eigenvalue weighted by molar-refractivity contribution is 1.13. The lowest BCUT2D eigenvalue weighted by atomic mass is 10.0. The van der Waals surface area contributed by atoms with Crippen molar-refractivity contribution < 1.29 is 0 Å². The summed E-state index contributed by atoms with van der Waals surface area (Å²) in [5.74, 6) is 0. The number of hydrogen-bond acceptors (Lipinski definition) is 4. The van der Waals surface area contributed by atoms with Crippen molar-refractivity contribution in [3.05, 3.63) is 53.1 Å². The van der Waals surface area contributed by atoms with Crippen molar-refractivity contribution in [2.45, 2.75) is 6.92 Å². The number of aromatic nitrogens is 3. The van der Waals surface area contributed by atoms with E-state index in [2.05, 4.69) is 21.0 Å². The zero-order valence-electron chi connectivity index (χ0n) is 10.6. The molecule has 0 radical (unpaired) electrons. The summed E-state index contributed by atoms with van der Waals surface area (Å²) >= 11 is 5.85. The monoisotopic (exact) mass is 280 g/mol. The van der Waals surface area contributed by atoms with E-state index in [9.17, 15) is 5.26 Å². The average molecular weight is 281 g/mol. The van der Waals surface area contributed by atoms with Crippen LogP contribution in [-0.2, 0) is 0 Å². The zero-order chi connectivity index (χ0) is 14.1. The molecule has 0 N–H and O–H groups in total. The summed E-state index contributed by atoms with van der Waals surface area (Å²) in [6, 6.07) is 11.7. The minimum Gasteiger partial charge on any atom is -0.236 e. The molecule has 0 amide bonds. The van der Waals surface area contributed by atoms with E-state index in [-0.39, 0.29) is 5.28 Å². The van der Waals surface area contributed by atoms with Gasteiger partial charge in [0.2, 0.25) is 5.28 Å². The minimum absolute atomic E-state index is 0.155. The molecule has 5 heteroatoms. The van der Waals surface area contributed by atoms with Crippen molar-refractivity contribution >= 4 is 22.5 Å². The number of pyridine rings is 1. The Morgan fingerprint density at radius 2 is 2.00 bits per heavy atom. The summed E-state index contributed by atoms with van der Waals surface area (Å²) in [4.78, 5) is 12.5. The lowest BCUT2D eigenvalue weighted by Crippen LogP contribution is -1.96. The van der Waals surface area contributed by atoms with Gasteiger partial charge in [0.05, 0.1) is 11.2 Å². The molecule has 4 nitrogen and oxygen atoms in total. The first-order chi connectivity index (χ1) is 9.69. The van der Waals surface area contributed by atoms with Crippen LogP contribution >= 0.6 is 11.6 Å². The maximum absolute atomic E-state index is 9.31. The molecule has 0 aliphatic rings. The van der Waals surface area contributed by atoms with Crippen molar-refractivity contribution in [1.29, 1.82) is 5.26 Å². The Bertz CT molecular complexity index is 852. The van der Waals surface area contributed by atoms with Crippen LogP contribution in [0.1, 0.15) is 11.3 Å². The Kier molecular flexibility index (Phi) is 3.05. The molecule has 3 aromatic rings. The Morgan fingerprint density at radius 3 is 2.80 bits per heavy atom. The van der Waals surface area contributed by atoms with Gasteiger partial charge in [-0.15, -0.1) is 0 Å². The third kappa shape index (κ3) is 2.09. The fourth-order valence-electron chi connectivity index (χ4n) is 2.07. The molecule has 0 saturated carbocycles. The summed E-state index contributed by atoms with van der Waals surface area (Å²) in [7, 11) is 0. The first-order valence-corrected chi connectivity index (χ1v) is 6.36. The minimum atomic E-state index is 0.155. The van der Waals surface area contributed by atoms with Gasteiger partial charge in [-0.2, -0.15) is 5.26 Å². The fraction of sp³-hybridized carbons (Fsp3) is 0.0667. The Balaban J connectivity index is 2.35. The number of halogens is 1. The molecule has 2 aromatic heterocycles. The number of fused-ring (bicyclic) bond motifs is 1. The van der Waals surface area contributed by atoms with Crippen LogP contribution in [0.15, 0.2) is 36.5 Å². The van der Waals surface area contributed by atoms with E-state index in [1.54, 1.807) is 6.20 Å². The molecule has 0 aliphatic carbocycles. The van der Waals surface area contributed by atoms with Crippen LogP contribution < -0.4 is 0 Å². The molecule has 1 aromatic carbocycles. The first kappa shape index (κ1) is 12.5. The van der Waals surface area contributed by atoms with Gasteiger partial charge in [-0.05, 0) is 36.2 Å². The Morgan fingerprint density at radius 1 is 1.20 bits per heavy atom. The highest BCUT2D eigenvalue weighted by Gasteiger charge is 2.13. The second-order valence-corrected chi connectivity index (χ2v) is 4.70. The van der Waals surface area contributed by atoms with E-state index in [0.717, 1.165) is 16.5 Å². The van der Waals surface area contributed by atoms with Gasteiger partial charge in [-0.25, -0.2) is 15.0 Å². The molecule has 0 atom stereocenters. The van der Waals surface area contributed by atoms with Gasteiger partial charge < -0.3 is 0 Å². The number of aryl methyl sites for hydroxylation is 1. The summed E-state index contributed by atoms with van der Waals surface area (Å²) in [5.41, 5.74) is 3.28. The molecule has 0 unspecified atom stereocenters. The van der Waals surface area contributed by atoms with Gasteiger partial charge in [-0.1, -0.05) is 18.2 Å². The lowest BCUT2D eigenvalue weighted by Gasteiger charge is -2.08. The number of benzene rings is 1. The van der Waals surface area contributed by atoms with Crippen molar-refractivity contribution in [2.24, 2.45) is 0 Å². The number of rotatable bonds is 1. The van der Waals surface area contributed by atoms with Gasteiger partial charge in [0.15, 0.2) is 5.69 Å². The Labute approximate surface area is 120 Å². The van der Waals surface area contributed by atoms with Crippen LogP contribution in [0, 0.1) is 18.3 Å². The highest BCUT2D eigenvalue weighted by atomic mass is 35.5. The van der Waals surface area contributed by atoms with Crippen molar-refractivity contribution in [3.8, 4) is 17.3 Å². The van der Waals surface area contributed by atoms with Crippen LogP contribution in [-0.4, -0.2) is 15.0 Å². The largest absolute Gasteiger partial charge is 0.236 e. The van der Waals surface area contributed by atoms with Gasteiger partial charge >= 0.3 is 0 Å². The molecule has 20 heavy (non-hydrogen) atoms. The second-order valence-electron chi connectivity index (χ2n) is 4.36. The third-order valence-electron chi connectivity index (χ3n) is 3.03. The normalized spacial score (nSPS) is 10.4. The van der Waals surface area contributed by atoms with E-state index in [4.69, 9.17) is 11.6 Å². The van der Waals surface area contributed by atoms with Gasteiger partial charge in [0, 0.05) is 17.1 Å². The van der Waals surface area contributed by atoms with E-state index >= 15 is 0 Å². The molecule has 2 heterocycles. The van der Waals surface area contributed by atoms with Gasteiger partial charge in [0.1, 0.15) is 6.07 Å². The van der Waals surface area contributed by atoms with Crippen LogP contribution in [0.2, 0.25) is 5.28 Å². The van der Waals surface area contributed by atoms with Crippen molar-refractivity contribution in [3.63, 3.8) is 0 Å². The maximum Gasteiger partial charge on any atom is 0.222 e. The smallest absolute Gasteiger partial charge is 0.222 e. The molecule has 0 saturated heterocycles. The molecule has 3 rings (SSSR count). The predicted octanol–water partition coefficient (Wildman–Crippen LogP) is 3.53. The average Bonchev–Trinajstić information content (AvgIpc) is 2.48. The number of para-hydroxylation sites is 1. The van der Waals surface area contributed by atoms with E-state index < -0.39 is 0 Å². The number of nitrogens with zero attached hydrogens (tertiary/aromatic N) is 4. The molecule has 0 spiro atoms. The number of hydrogen-bond donors (Lipinski definition) is 0. The van der Waals surface area contributed by atoms with Crippen molar-refractivity contribution in [2.75, 3.05) is 0 Å².